The second-order valence-corrected chi connectivity index (χ2v) is 5.15. The molecule has 1 aliphatic heterocycles. The number of anilines is 1. The Balaban J connectivity index is 0.00000220. The first-order valence-electron chi connectivity index (χ1n) is 6.26. The van der Waals surface area contributed by atoms with Crippen LogP contribution >= 0.6 is 24.0 Å². The van der Waals surface area contributed by atoms with Gasteiger partial charge in [-0.15, -0.1) is 12.4 Å². The van der Waals surface area contributed by atoms with Gasteiger partial charge < -0.3 is 10.6 Å². The summed E-state index contributed by atoms with van der Waals surface area (Å²) in [4.78, 5) is 11.7. The number of amides is 1. The van der Waals surface area contributed by atoms with E-state index in [4.69, 9.17) is 11.6 Å². The zero-order chi connectivity index (χ0) is 14.8. The summed E-state index contributed by atoms with van der Waals surface area (Å²) in [5, 5.41) is 5.25. The van der Waals surface area contributed by atoms with Crippen molar-refractivity contribution in [2.45, 2.75) is 31.5 Å². The Hall–Kier alpha value is -0.980. The number of alkyl halides is 3. The Kier molecular flexibility index (Phi) is 6.31. The molecule has 2 N–H and O–H groups in total. The highest BCUT2D eigenvalue weighted by molar-refractivity contribution is 6.31. The lowest BCUT2D eigenvalue weighted by molar-refractivity contribution is -0.137. The Morgan fingerprint density at radius 3 is 2.71 bits per heavy atom. The van der Waals surface area contributed by atoms with Gasteiger partial charge >= 0.3 is 6.18 Å². The number of carbonyl (C=O) groups is 1. The van der Waals surface area contributed by atoms with Crippen LogP contribution < -0.4 is 10.6 Å². The highest BCUT2D eigenvalue weighted by Crippen LogP contribution is 2.36. The van der Waals surface area contributed by atoms with Crippen molar-refractivity contribution in [2.75, 3.05) is 11.9 Å². The van der Waals surface area contributed by atoms with Crippen LogP contribution in [0.3, 0.4) is 0 Å². The van der Waals surface area contributed by atoms with Crippen LogP contribution in [0.4, 0.5) is 18.9 Å². The van der Waals surface area contributed by atoms with Crippen molar-refractivity contribution >= 4 is 35.6 Å². The lowest BCUT2D eigenvalue weighted by atomic mass is 10.1. The van der Waals surface area contributed by atoms with Gasteiger partial charge in [0, 0.05) is 18.2 Å². The summed E-state index contributed by atoms with van der Waals surface area (Å²) in [6, 6.07) is 3.44. The van der Waals surface area contributed by atoms with Crippen molar-refractivity contribution in [3.05, 3.63) is 28.8 Å². The number of rotatable bonds is 3. The van der Waals surface area contributed by atoms with Crippen LogP contribution in [0.25, 0.3) is 0 Å². The molecule has 0 saturated carbocycles. The number of halogens is 5. The van der Waals surface area contributed by atoms with Gasteiger partial charge in [-0.05, 0) is 37.6 Å². The summed E-state index contributed by atoms with van der Waals surface area (Å²) >= 11 is 5.51. The molecule has 1 fully saturated rings. The largest absolute Gasteiger partial charge is 0.417 e. The molecule has 8 heteroatoms. The van der Waals surface area contributed by atoms with Crippen LogP contribution in [0.1, 0.15) is 24.8 Å². The Morgan fingerprint density at radius 2 is 2.14 bits per heavy atom. The molecule has 0 spiro atoms. The van der Waals surface area contributed by atoms with Crippen molar-refractivity contribution in [1.29, 1.82) is 0 Å². The minimum atomic E-state index is -4.54. The molecule has 2 rings (SSSR count). The van der Waals surface area contributed by atoms with E-state index in [0.29, 0.717) is 0 Å². The lowest BCUT2D eigenvalue weighted by Crippen LogP contribution is -2.27. The first kappa shape index (κ1) is 18.1. The lowest BCUT2D eigenvalue weighted by Gasteiger charge is -2.13. The molecule has 1 aromatic rings. The topological polar surface area (TPSA) is 41.1 Å². The van der Waals surface area contributed by atoms with Crippen LogP contribution in [0.2, 0.25) is 5.02 Å². The third-order valence-corrected chi connectivity index (χ3v) is 3.48. The normalized spacial score (nSPS) is 18.2. The molecule has 21 heavy (non-hydrogen) atoms. The number of carbonyl (C=O) groups excluding carboxylic acids is 1. The number of hydrogen-bond donors (Lipinski definition) is 2. The van der Waals surface area contributed by atoms with E-state index in [-0.39, 0.29) is 41.5 Å². The summed E-state index contributed by atoms with van der Waals surface area (Å²) in [6.07, 6.45) is -2.37. The fraction of sp³-hybridized carbons (Fsp3) is 0.462. The molecule has 1 aromatic carbocycles. The summed E-state index contributed by atoms with van der Waals surface area (Å²) < 4.78 is 38.1. The van der Waals surface area contributed by atoms with Gasteiger partial charge in [0.05, 0.1) is 10.6 Å². The van der Waals surface area contributed by atoms with E-state index in [2.05, 4.69) is 10.6 Å². The fourth-order valence-corrected chi connectivity index (χ4v) is 2.41. The van der Waals surface area contributed by atoms with Gasteiger partial charge in [0.2, 0.25) is 5.91 Å². The quantitative estimate of drug-likeness (QED) is 0.875. The summed E-state index contributed by atoms with van der Waals surface area (Å²) in [7, 11) is 0. The fourth-order valence-electron chi connectivity index (χ4n) is 2.19. The predicted molar refractivity (Wildman–Crippen MR) is 78.0 cm³/mol. The first-order valence-corrected chi connectivity index (χ1v) is 6.64. The molecule has 0 radical (unpaired) electrons. The van der Waals surface area contributed by atoms with E-state index >= 15 is 0 Å². The number of hydrogen-bond acceptors (Lipinski definition) is 2. The van der Waals surface area contributed by atoms with Gasteiger partial charge in [-0.25, -0.2) is 0 Å². The van der Waals surface area contributed by atoms with Gasteiger partial charge in [-0.2, -0.15) is 13.2 Å². The molecule has 0 aromatic heterocycles. The van der Waals surface area contributed by atoms with Gasteiger partial charge in [-0.3, -0.25) is 4.79 Å². The molecular weight excluding hydrogens is 328 g/mol. The summed E-state index contributed by atoms with van der Waals surface area (Å²) in [5.41, 5.74) is -0.847. The molecule has 118 valence electrons. The second-order valence-electron chi connectivity index (χ2n) is 4.74. The first-order chi connectivity index (χ1) is 9.36. The standard InChI is InChI=1S/C13H14ClF3N2O.ClH/c14-11-4-3-9(6-10(11)13(15,16)17)19-12(20)7-8-2-1-5-18-8;/h3-4,6,8,18H,1-2,5,7H2,(H,19,20);1H. The zero-order valence-corrected chi connectivity index (χ0v) is 12.5. The maximum Gasteiger partial charge on any atom is 0.417 e. The van der Waals surface area contributed by atoms with Crippen LogP contribution in [-0.4, -0.2) is 18.5 Å². The third kappa shape index (κ3) is 5.05. The molecule has 1 saturated heterocycles. The minimum absolute atomic E-state index is 0. The molecule has 0 aliphatic carbocycles. The van der Waals surface area contributed by atoms with Gasteiger partial charge in [0.15, 0.2) is 0 Å². The van der Waals surface area contributed by atoms with Crippen LogP contribution in [0.15, 0.2) is 18.2 Å². The van der Waals surface area contributed by atoms with Crippen LogP contribution in [0.5, 0.6) is 0 Å². The molecule has 1 aliphatic rings. The molecule has 1 atom stereocenters. The van der Waals surface area contributed by atoms with Gasteiger partial charge in [-0.1, -0.05) is 11.6 Å². The molecule has 1 unspecified atom stereocenters. The van der Waals surface area contributed by atoms with E-state index in [1.165, 1.54) is 6.07 Å². The average molecular weight is 343 g/mol. The third-order valence-electron chi connectivity index (χ3n) is 3.15. The van der Waals surface area contributed by atoms with Crippen LogP contribution in [-0.2, 0) is 11.0 Å². The Labute approximate surface area is 131 Å². The van der Waals surface area contributed by atoms with Crippen molar-refractivity contribution in [3.63, 3.8) is 0 Å². The maximum absolute atomic E-state index is 12.7. The molecule has 0 bridgehead atoms. The molecule has 1 heterocycles. The van der Waals surface area contributed by atoms with Crippen LogP contribution in [0, 0.1) is 0 Å². The Bertz CT molecular complexity index is 503. The summed E-state index contributed by atoms with van der Waals surface area (Å²) in [5.74, 6) is -0.306. The minimum Gasteiger partial charge on any atom is -0.326 e. The summed E-state index contributed by atoms with van der Waals surface area (Å²) in [6.45, 7) is 0.872. The van der Waals surface area contributed by atoms with Crippen molar-refractivity contribution < 1.29 is 18.0 Å². The molecule has 1 amide bonds. The second kappa shape index (κ2) is 7.33. The van der Waals surface area contributed by atoms with E-state index in [0.717, 1.165) is 31.5 Å². The highest BCUT2D eigenvalue weighted by atomic mass is 35.5. The van der Waals surface area contributed by atoms with Gasteiger partial charge in [0.1, 0.15) is 0 Å². The zero-order valence-electron chi connectivity index (χ0n) is 11.0. The van der Waals surface area contributed by atoms with Crippen molar-refractivity contribution in [1.82, 2.24) is 5.32 Å². The van der Waals surface area contributed by atoms with E-state index in [9.17, 15) is 18.0 Å². The SMILES string of the molecule is Cl.O=C(CC1CCCN1)Nc1ccc(Cl)c(C(F)(F)F)c1. The van der Waals surface area contributed by atoms with Crippen molar-refractivity contribution in [3.8, 4) is 0 Å². The number of benzene rings is 1. The number of nitrogens with one attached hydrogen (secondary N) is 2. The predicted octanol–water partition coefficient (Wildman–Crippen LogP) is 3.86. The average Bonchev–Trinajstić information content (AvgIpc) is 2.83. The van der Waals surface area contributed by atoms with E-state index < -0.39 is 11.7 Å². The van der Waals surface area contributed by atoms with Crippen molar-refractivity contribution in [2.24, 2.45) is 0 Å². The highest BCUT2D eigenvalue weighted by Gasteiger charge is 2.33. The molecular formula is C13H15Cl2F3N2O. The van der Waals surface area contributed by atoms with E-state index in [1.54, 1.807) is 0 Å². The smallest absolute Gasteiger partial charge is 0.326 e. The monoisotopic (exact) mass is 342 g/mol. The van der Waals surface area contributed by atoms with Gasteiger partial charge in [0.25, 0.3) is 0 Å². The maximum atomic E-state index is 12.7. The van der Waals surface area contributed by atoms with E-state index in [1.807, 2.05) is 0 Å². The Morgan fingerprint density at radius 1 is 1.43 bits per heavy atom. The molecule has 3 nitrogen and oxygen atoms in total.